The van der Waals surface area contributed by atoms with Crippen molar-refractivity contribution in [3.05, 3.63) is 22.8 Å². The van der Waals surface area contributed by atoms with Crippen molar-refractivity contribution in [2.24, 2.45) is 5.84 Å². The molecule has 4 N–H and O–H groups in total. The number of pyridine rings is 1. The van der Waals surface area contributed by atoms with Crippen LogP contribution in [0.15, 0.2) is 12.1 Å². The second-order valence-corrected chi connectivity index (χ2v) is 5.76. The Morgan fingerprint density at radius 1 is 1.33 bits per heavy atom. The molecule has 0 spiro atoms. The highest BCUT2D eigenvalue weighted by atomic mass is 35.5. The number of halogens is 1. The zero-order valence-corrected chi connectivity index (χ0v) is 13.7. The van der Waals surface area contributed by atoms with Crippen LogP contribution >= 0.6 is 11.6 Å². The van der Waals surface area contributed by atoms with E-state index in [-0.39, 0.29) is 11.6 Å². The Labute approximate surface area is 131 Å². The number of hydrazine groups is 1. The lowest BCUT2D eigenvalue weighted by atomic mass is 10.2. The summed E-state index contributed by atoms with van der Waals surface area (Å²) in [5.74, 6) is 5.38. The van der Waals surface area contributed by atoms with Crippen molar-refractivity contribution in [2.75, 3.05) is 18.5 Å². The van der Waals surface area contributed by atoms with Gasteiger partial charge in [0.15, 0.2) is 0 Å². The molecule has 0 saturated carbocycles. The zero-order valence-electron chi connectivity index (χ0n) is 13.0. The molecule has 0 radical (unpaired) electrons. The van der Waals surface area contributed by atoms with Crippen molar-refractivity contribution in [1.82, 2.24) is 15.2 Å². The van der Waals surface area contributed by atoms with Crippen LogP contribution in [0.2, 0.25) is 5.02 Å². The predicted octanol–water partition coefficient (Wildman–Crippen LogP) is 1.87. The minimum absolute atomic E-state index is 0.174. The van der Waals surface area contributed by atoms with Gasteiger partial charge in [-0.2, -0.15) is 0 Å². The van der Waals surface area contributed by atoms with Gasteiger partial charge in [0.05, 0.1) is 5.02 Å². The number of carbonyl (C=O) groups is 1. The Morgan fingerprint density at radius 3 is 2.48 bits per heavy atom. The number of nitrogen functional groups attached to an aromatic ring is 1. The number of nitrogens with one attached hydrogen (secondary N) is 2. The molecule has 7 heteroatoms. The number of nitrogens with two attached hydrogens (primary N) is 1. The van der Waals surface area contributed by atoms with Crippen LogP contribution in [-0.4, -0.2) is 41.0 Å². The maximum atomic E-state index is 12.1. The largest absolute Gasteiger partial charge is 0.349 e. The van der Waals surface area contributed by atoms with Crippen molar-refractivity contribution in [1.29, 1.82) is 0 Å². The summed E-state index contributed by atoms with van der Waals surface area (Å²) in [5, 5.41) is 3.14. The SMILES string of the molecule is CC(C)N(CCNC(=O)c1nc(NN)ccc1Cl)C(C)C. The monoisotopic (exact) mass is 313 g/mol. The molecule has 0 aliphatic carbocycles. The van der Waals surface area contributed by atoms with Crippen LogP contribution in [0.3, 0.4) is 0 Å². The molecule has 0 aliphatic heterocycles. The van der Waals surface area contributed by atoms with Crippen LogP contribution in [0.4, 0.5) is 5.82 Å². The van der Waals surface area contributed by atoms with E-state index in [1.54, 1.807) is 12.1 Å². The van der Waals surface area contributed by atoms with Crippen molar-refractivity contribution in [3.63, 3.8) is 0 Å². The third kappa shape index (κ3) is 5.15. The van der Waals surface area contributed by atoms with E-state index in [2.05, 4.69) is 48.3 Å². The predicted molar refractivity (Wildman–Crippen MR) is 86.4 cm³/mol. The molecule has 0 fully saturated rings. The Morgan fingerprint density at radius 2 is 1.95 bits per heavy atom. The molecule has 6 nitrogen and oxygen atoms in total. The van der Waals surface area contributed by atoms with Gasteiger partial charge in [0.25, 0.3) is 5.91 Å². The van der Waals surface area contributed by atoms with Gasteiger partial charge in [0.1, 0.15) is 11.5 Å². The molecule has 1 aromatic rings. The van der Waals surface area contributed by atoms with Crippen LogP contribution < -0.4 is 16.6 Å². The van der Waals surface area contributed by atoms with Crippen LogP contribution in [0, 0.1) is 0 Å². The molecule has 1 heterocycles. The molecular weight excluding hydrogens is 290 g/mol. The van der Waals surface area contributed by atoms with Crippen molar-refractivity contribution in [3.8, 4) is 0 Å². The summed E-state index contributed by atoms with van der Waals surface area (Å²) in [5.41, 5.74) is 2.57. The van der Waals surface area contributed by atoms with Gasteiger partial charge in [0.2, 0.25) is 0 Å². The average molecular weight is 314 g/mol. The number of hydrogen-bond donors (Lipinski definition) is 3. The van der Waals surface area contributed by atoms with E-state index < -0.39 is 0 Å². The topological polar surface area (TPSA) is 83.3 Å². The van der Waals surface area contributed by atoms with Gasteiger partial charge in [-0.3, -0.25) is 9.69 Å². The van der Waals surface area contributed by atoms with E-state index >= 15 is 0 Å². The second-order valence-electron chi connectivity index (χ2n) is 5.35. The van der Waals surface area contributed by atoms with Gasteiger partial charge in [-0.15, -0.1) is 0 Å². The molecule has 21 heavy (non-hydrogen) atoms. The molecule has 0 atom stereocenters. The summed E-state index contributed by atoms with van der Waals surface area (Å²) in [4.78, 5) is 18.5. The summed E-state index contributed by atoms with van der Waals surface area (Å²) in [7, 11) is 0. The van der Waals surface area contributed by atoms with Gasteiger partial charge < -0.3 is 10.7 Å². The first-order valence-electron chi connectivity index (χ1n) is 7.04. The first kappa shape index (κ1) is 17.7. The smallest absolute Gasteiger partial charge is 0.271 e. The molecular formula is C14H24ClN5O. The molecule has 0 aromatic carbocycles. The highest BCUT2D eigenvalue weighted by Crippen LogP contribution is 2.16. The Bertz CT molecular complexity index is 470. The van der Waals surface area contributed by atoms with Crippen LogP contribution in [0.1, 0.15) is 38.2 Å². The first-order valence-corrected chi connectivity index (χ1v) is 7.41. The Kier molecular flexibility index (Phi) is 6.87. The first-order chi connectivity index (χ1) is 9.86. The van der Waals surface area contributed by atoms with Gasteiger partial charge in [-0.25, -0.2) is 10.8 Å². The van der Waals surface area contributed by atoms with E-state index in [1.165, 1.54) is 0 Å². The molecule has 0 unspecified atom stereocenters. The summed E-state index contributed by atoms with van der Waals surface area (Å²) in [6, 6.07) is 4.05. The van der Waals surface area contributed by atoms with Crippen molar-refractivity contribution >= 4 is 23.3 Å². The molecule has 1 amide bonds. The maximum absolute atomic E-state index is 12.1. The number of carbonyl (C=O) groups excluding carboxylic acids is 1. The Hall–Kier alpha value is -1.37. The Balaban J connectivity index is 2.62. The number of rotatable bonds is 7. The quantitative estimate of drug-likeness (QED) is 0.529. The van der Waals surface area contributed by atoms with Crippen LogP contribution in [0.5, 0.6) is 0 Å². The van der Waals surface area contributed by atoms with E-state index in [0.717, 1.165) is 6.54 Å². The number of amides is 1. The van der Waals surface area contributed by atoms with Crippen molar-refractivity contribution < 1.29 is 4.79 Å². The second kappa shape index (κ2) is 8.17. The molecule has 0 aliphatic rings. The lowest BCUT2D eigenvalue weighted by Crippen LogP contribution is -2.42. The lowest BCUT2D eigenvalue weighted by Gasteiger charge is -2.30. The summed E-state index contributed by atoms with van der Waals surface area (Å²) < 4.78 is 0. The average Bonchev–Trinajstić information content (AvgIpc) is 2.43. The van der Waals surface area contributed by atoms with Crippen molar-refractivity contribution in [2.45, 2.75) is 39.8 Å². The molecule has 0 saturated heterocycles. The third-order valence-electron chi connectivity index (χ3n) is 3.19. The zero-order chi connectivity index (χ0) is 16.0. The van der Waals surface area contributed by atoms with Crippen LogP contribution in [0.25, 0.3) is 0 Å². The minimum atomic E-state index is -0.301. The fraction of sp³-hybridized carbons (Fsp3) is 0.571. The normalized spacial score (nSPS) is 11.3. The summed E-state index contributed by atoms with van der Waals surface area (Å²) in [6.45, 7) is 9.85. The molecule has 1 aromatic heterocycles. The van der Waals surface area contributed by atoms with E-state index in [9.17, 15) is 4.79 Å². The van der Waals surface area contributed by atoms with Crippen LogP contribution in [-0.2, 0) is 0 Å². The maximum Gasteiger partial charge on any atom is 0.271 e. The van der Waals surface area contributed by atoms with Gasteiger partial charge >= 0.3 is 0 Å². The third-order valence-corrected chi connectivity index (χ3v) is 3.50. The fourth-order valence-corrected chi connectivity index (χ4v) is 2.37. The number of nitrogens with zero attached hydrogens (tertiary/aromatic N) is 2. The van der Waals surface area contributed by atoms with E-state index in [4.69, 9.17) is 17.4 Å². The molecule has 0 bridgehead atoms. The van der Waals surface area contributed by atoms with Gasteiger partial charge in [-0.05, 0) is 39.8 Å². The van der Waals surface area contributed by atoms with E-state index in [0.29, 0.717) is 29.5 Å². The fourth-order valence-electron chi connectivity index (χ4n) is 2.18. The summed E-state index contributed by atoms with van der Waals surface area (Å²) in [6.07, 6.45) is 0. The minimum Gasteiger partial charge on any atom is -0.349 e. The molecule has 118 valence electrons. The number of aromatic nitrogens is 1. The number of hydrogen-bond acceptors (Lipinski definition) is 5. The molecule has 1 rings (SSSR count). The highest BCUT2D eigenvalue weighted by molar-refractivity contribution is 6.33. The van der Waals surface area contributed by atoms with E-state index in [1.807, 2.05) is 0 Å². The highest BCUT2D eigenvalue weighted by Gasteiger charge is 2.15. The van der Waals surface area contributed by atoms with Gasteiger partial charge in [0, 0.05) is 25.2 Å². The lowest BCUT2D eigenvalue weighted by molar-refractivity contribution is 0.0935. The van der Waals surface area contributed by atoms with Gasteiger partial charge in [-0.1, -0.05) is 11.6 Å². The summed E-state index contributed by atoms with van der Waals surface area (Å²) >= 11 is 5.99. The standard InChI is InChI=1S/C14H24ClN5O/c1-9(2)20(10(3)4)8-7-17-14(21)13-11(15)5-6-12(18-13)19-16/h5-6,9-10H,7-8,16H2,1-4H3,(H,17,21)(H,18,19). The number of anilines is 1.